The lowest BCUT2D eigenvalue weighted by molar-refractivity contribution is -0.126. The Kier molecular flexibility index (Phi) is 4.44. The predicted octanol–water partition coefficient (Wildman–Crippen LogP) is 3.74. The van der Waals surface area contributed by atoms with Gasteiger partial charge in [-0.3, -0.25) is 19.5 Å². The number of aromatic nitrogens is 1. The first-order chi connectivity index (χ1) is 14.9. The Morgan fingerprint density at radius 3 is 2.58 bits per heavy atom. The average molecular weight is 419 g/mol. The van der Waals surface area contributed by atoms with Crippen molar-refractivity contribution in [2.24, 2.45) is 5.92 Å². The van der Waals surface area contributed by atoms with Gasteiger partial charge in [-0.2, -0.15) is 0 Å². The minimum Gasteiger partial charge on any atom is -0.324 e. The van der Waals surface area contributed by atoms with E-state index in [-0.39, 0.29) is 17.5 Å². The van der Waals surface area contributed by atoms with E-state index in [0.29, 0.717) is 23.4 Å². The Labute approximate surface area is 177 Å². The number of nitrogens with one attached hydrogen (secondary N) is 1. The monoisotopic (exact) mass is 419 g/mol. The molecule has 1 spiro atoms. The summed E-state index contributed by atoms with van der Waals surface area (Å²) in [6.07, 6.45) is 3.03. The molecule has 31 heavy (non-hydrogen) atoms. The van der Waals surface area contributed by atoms with Gasteiger partial charge in [0.2, 0.25) is 5.91 Å². The summed E-state index contributed by atoms with van der Waals surface area (Å²) in [7, 11) is 1.76. The van der Waals surface area contributed by atoms with E-state index in [1.54, 1.807) is 42.4 Å². The van der Waals surface area contributed by atoms with Crippen LogP contribution >= 0.6 is 0 Å². The fourth-order valence-electron chi connectivity index (χ4n) is 5.11. The summed E-state index contributed by atoms with van der Waals surface area (Å²) in [5.74, 6) is -2.76. The van der Waals surface area contributed by atoms with Crippen LogP contribution in [0.2, 0.25) is 0 Å². The number of carbonyl (C=O) groups excluding carboxylic acids is 2. The van der Waals surface area contributed by atoms with E-state index in [1.807, 2.05) is 0 Å². The smallest absolute Gasteiger partial charge is 0.250 e. The Bertz CT molecular complexity index is 1180. The molecule has 0 unspecified atom stereocenters. The molecule has 3 aromatic rings. The van der Waals surface area contributed by atoms with Crippen LogP contribution in [-0.4, -0.2) is 35.2 Å². The Morgan fingerprint density at radius 2 is 1.87 bits per heavy atom. The van der Waals surface area contributed by atoms with Crippen molar-refractivity contribution in [2.75, 3.05) is 18.9 Å². The number of fused-ring (bicyclic) bond motifs is 2. The molecule has 1 amide bonds. The van der Waals surface area contributed by atoms with Crippen LogP contribution in [0.5, 0.6) is 0 Å². The van der Waals surface area contributed by atoms with E-state index in [2.05, 4.69) is 10.3 Å². The molecular weight excluding hydrogens is 400 g/mol. The van der Waals surface area contributed by atoms with Crippen LogP contribution < -0.4 is 5.32 Å². The molecule has 1 aromatic heterocycles. The molecule has 1 N–H and O–H groups in total. The number of hydrogen-bond donors (Lipinski definition) is 1. The van der Waals surface area contributed by atoms with E-state index in [0.717, 1.165) is 5.56 Å². The number of likely N-dealkylation sites (tertiary alicyclic amines) is 1. The number of amides is 1. The molecule has 3 atom stereocenters. The van der Waals surface area contributed by atoms with Crippen LogP contribution in [0.1, 0.15) is 27.4 Å². The molecule has 5 rings (SSSR count). The zero-order valence-electron chi connectivity index (χ0n) is 16.7. The van der Waals surface area contributed by atoms with Crippen LogP contribution in [0, 0.1) is 17.6 Å². The second kappa shape index (κ2) is 7.06. The molecule has 0 aliphatic carbocycles. The van der Waals surface area contributed by atoms with Crippen molar-refractivity contribution in [3.63, 3.8) is 0 Å². The summed E-state index contributed by atoms with van der Waals surface area (Å²) in [6, 6.07) is 13.4. The van der Waals surface area contributed by atoms with Crippen LogP contribution in [0.4, 0.5) is 14.5 Å². The summed E-state index contributed by atoms with van der Waals surface area (Å²) in [5.41, 5.74) is 0.648. The van der Waals surface area contributed by atoms with Gasteiger partial charge in [-0.05, 0) is 55.1 Å². The molecule has 7 heteroatoms. The summed E-state index contributed by atoms with van der Waals surface area (Å²) < 4.78 is 27.9. The summed E-state index contributed by atoms with van der Waals surface area (Å²) >= 11 is 0. The molecule has 0 bridgehead atoms. The van der Waals surface area contributed by atoms with Crippen molar-refractivity contribution in [2.45, 2.75) is 11.5 Å². The third-order valence-electron chi connectivity index (χ3n) is 6.44. The van der Waals surface area contributed by atoms with Crippen molar-refractivity contribution in [3.8, 4) is 0 Å². The Morgan fingerprint density at radius 1 is 1.13 bits per heavy atom. The van der Waals surface area contributed by atoms with Crippen molar-refractivity contribution in [1.82, 2.24) is 9.88 Å². The maximum Gasteiger partial charge on any atom is 0.250 e. The van der Waals surface area contributed by atoms with Gasteiger partial charge < -0.3 is 5.32 Å². The van der Waals surface area contributed by atoms with Gasteiger partial charge in [-0.15, -0.1) is 0 Å². The molecule has 0 radical (unpaired) electrons. The third-order valence-corrected chi connectivity index (χ3v) is 6.44. The lowest BCUT2D eigenvalue weighted by atomic mass is 9.70. The maximum atomic E-state index is 14.3. The number of pyridine rings is 1. The second-order valence-electron chi connectivity index (χ2n) is 8.03. The molecule has 5 nitrogen and oxygen atoms in total. The lowest BCUT2D eigenvalue weighted by Crippen LogP contribution is -2.51. The zero-order valence-corrected chi connectivity index (χ0v) is 16.7. The molecule has 0 saturated carbocycles. The molecule has 3 heterocycles. The SMILES string of the molecule is CN1C[C@H](c2ccc(F)cc2)[C@H](C(=O)c2cccnc2)[C@@]12C(=O)Nc1ccc(F)cc12. The van der Waals surface area contributed by atoms with Crippen LogP contribution in [0.3, 0.4) is 0 Å². The number of carbonyl (C=O) groups is 2. The third kappa shape index (κ3) is 2.80. The molecule has 1 fully saturated rings. The first-order valence-electron chi connectivity index (χ1n) is 9.95. The number of likely N-dealkylation sites (N-methyl/N-ethyl adjacent to an activating group) is 1. The number of ketones is 1. The Balaban J connectivity index is 1.74. The number of Topliss-reactive ketones (excluding diaryl/α,β-unsaturated/α-hetero) is 1. The fraction of sp³-hybridized carbons (Fsp3) is 0.208. The van der Waals surface area contributed by atoms with E-state index in [4.69, 9.17) is 0 Å². The van der Waals surface area contributed by atoms with Gasteiger partial charge in [0.15, 0.2) is 5.78 Å². The van der Waals surface area contributed by atoms with Crippen LogP contribution in [-0.2, 0) is 10.3 Å². The van der Waals surface area contributed by atoms with Gasteiger partial charge in [0.05, 0.1) is 5.92 Å². The minimum absolute atomic E-state index is 0.265. The van der Waals surface area contributed by atoms with Gasteiger partial charge in [0.1, 0.15) is 17.2 Å². The first kappa shape index (κ1) is 19.5. The molecule has 156 valence electrons. The zero-order chi connectivity index (χ0) is 21.8. The lowest BCUT2D eigenvalue weighted by Gasteiger charge is -2.35. The van der Waals surface area contributed by atoms with Gasteiger partial charge >= 0.3 is 0 Å². The summed E-state index contributed by atoms with van der Waals surface area (Å²) in [5, 5.41) is 2.83. The van der Waals surface area contributed by atoms with Crippen LogP contribution in [0.15, 0.2) is 67.0 Å². The average Bonchev–Trinajstić information content (AvgIpc) is 3.24. The van der Waals surface area contributed by atoms with Gasteiger partial charge in [0.25, 0.3) is 0 Å². The highest BCUT2D eigenvalue weighted by molar-refractivity contribution is 6.12. The number of hydrogen-bond acceptors (Lipinski definition) is 4. The highest BCUT2D eigenvalue weighted by Crippen LogP contribution is 2.55. The van der Waals surface area contributed by atoms with Gasteiger partial charge in [-0.1, -0.05) is 12.1 Å². The summed E-state index contributed by atoms with van der Waals surface area (Å²) in [4.78, 5) is 33.1. The van der Waals surface area contributed by atoms with Crippen molar-refractivity contribution >= 4 is 17.4 Å². The predicted molar refractivity (Wildman–Crippen MR) is 111 cm³/mol. The van der Waals surface area contributed by atoms with Crippen molar-refractivity contribution < 1.29 is 18.4 Å². The van der Waals surface area contributed by atoms with E-state index >= 15 is 0 Å². The topological polar surface area (TPSA) is 62.3 Å². The molecule has 1 saturated heterocycles. The maximum absolute atomic E-state index is 14.3. The van der Waals surface area contributed by atoms with E-state index in [1.165, 1.54) is 36.5 Å². The van der Waals surface area contributed by atoms with Crippen molar-refractivity contribution in [3.05, 3.63) is 95.3 Å². The summed E-state index contributed by atoms with van der Waals surface area (Å²) in [6.45, 7) is 0.367. The highest BCUT2D eigenvalue weighted by Gasteiger charge is 2.64. The highest BCUT2D eigenvalue weighted by atomic mass is 19.1. The minimum atomic E-state index is -1.39. The van der Waals surface area contributed by atoms with Crippen LogP contribution in [0.25, 0.3) is 0 Å². The standard InChI is InChI=1S/C24H19F2N3O2/c1-29-13-18(14-4-6-16(25)7-5-14)21(22(30)15-3-2-10-27-12-15)24(29)19-11-17(26)8-9-20(19)28-23(24)31/h2-12,18,21H,13H2,1H3,(H,28,31)/t18-,21-,24+/m1/s1. The quantitative estimate of drug-likeness (QED) is 0.657. The van der Waals surface area contributed by atoms with E-state index in [9.17, 15) is 18.4 Å². The number of nitrogens with zero attached hydrogens (tertiary/aromatic N) is 2. The largest absolute Gasteiger partial charge is 0.324 e. The van der Waals surface area contributed by atoms with Crippen molar-refractivity contribution in [1.29, 1.82) is 0 Å². The van der Waals surface area contributed by atoms with Gasteiger partial charge in [-0.25, -0.2) is 8.78 Å². The molecule has 2 aliphatic heterocycles. The number of anilines is 1. The normalized spacial score (nSPS) is 24.9. The molecule has 2 aromatic carbocycles. The number of halogens is 2. The molecular formula is C24H19F2N3O2. The Hall–Kier alpha value is -3.45. The molecule has 2 aliphatic rings. The van der Waals surface area contributed by atoms with Gasteiger partial charge in [0, 0.05) is 41.7 Å². The van der Waals surface area contributed by atoms with E-state index < -0.39 is 23.2 Å². The number of rotatable bonds is 3. The number of benzene rings is 2. The fourth-order valence-corrected chi connectivity index (χ4v) is 5.11. The first-order valence-corrected chi connectivity index (χ1v) is 9.95. The second-order valence-corrected chi connectivity index (χ2v) is 8.03.